The SMILES string of the molecule is CCC1CCN(c2snc(N)c2-c2ccncc2)CC1. The van der Waals surface area contributed by atoms with E-state index in [-0.39, 0.29) is 0 Å². The number of rotatable bonds is 3. The Morgan fingerprint density at radius 2 is 2.00 bits per heavy atom. The zero-order valence-electron chi connectivity index (χ0n) is 11.7. The lowest BCUT2D eigenvalue weighted by atomic mass is 9.94. The number of hydrogen-bond acceptors (Lipinski definition) is 5. The highest BCUT2D eigenvalue weighted by Gasteiger charge is 2.23. The highest BCUT2D eigenvalue weighted by atomic mass is 32.1. The van der Waals surface area contributed by atoms with Gasteiger partial charge in [-0.3, -0.25) is 4.98 Å². The van der Waals surface area contributed by atoms with Crippen LogP contribution in [0.15, 0.2) is 24.5 Å². The van der Waals surface area contributed by atoms with Gasteiger partial charge in [-0.05, 0) is 48.0 Å². The minimum absolute atomic E-state index is 0.633. The maximum absolute atomic E-state index is 6.09. The first-order chi connectivity index (χ1) is 9.79. The summed E-state index contributed by atoms with van der Waals surface area (Å²) in [5.74, 6) is 1.51. The Hall–Kier alpha value is -1.62. The molecule has 0 radical (unpaired) electrons. The molecule has 0 amide bonds. The van der Waals surface area contributed by atoms with Gasteiger partial charge in [0.05, 0.1) is 5.56 Å². The van der Waals surface area contributed by atoms with Gasteiger partial charge in [0.25, 0.3) is 0 Å². The van der Waals surface area contributed by atoms with Crippen molar-refractivity contribution in [3.05, 3.63) is 24.5 Å². The van der Waals surface area contributed by atoms with E-state index in [0.29, 0.717) is 5.82 Å². The molecule has 1 aliphatic rings. The fourth-order valence-corrected chi connectivity index (χ4v) is 3.73. The summed E-state index contributed by atoms with van der Waals surface area (Å²) >= 11 is 1.52. The first-order valence-corrected chi connectivity index (χ1v) is 7.97. The van der Waals surface area contributed by atoms with E-state index in [1.165, 1.54) is 35.8 Å². The van der Waals surface area contributed by atoms with Gasteiger partial charge in [0, 0.05) is 25.5 Å². The normalized spacial score (nSPS) is 16.6. The minimum Gasteiger partial charge on any atom is -0.382 e. The van der Waals surface area contributed by atoms with E-state index in [2.05, 4.69) is 21.2 Å². The summed E-state index contributed by atoms with van der Waals surface area (Å²) < 4.78 is 4.36. The van der Waals surface area contributed by atoms with Gasteiger partial charge < -0.3 is 10.6 Å². The molecule has 106 valence electrons. The van der Waals surface area contributed by atoms with Crippen molar-refractivity contribution in [2.45, 2.75) is 26.2 Å². The molecule has 2 aromatic heterocycles. The Morgan fingerprint density at radius 1 is 1.30 bits per heavy atom. The number of pyridine rings is 1. The molecule has 3 rings (SSSR count). The summed E-state index contributed by atoms with van der Waals surface area (Å²) in [6, 6.07) is 4.00. The number of nitrogen functional groups attached to an aromatic ring is 1. The molecule has 0 saturated carbocycles. The van der Waals surface area contributed by atoms with Crippen LogP contribution in [-0.2, 0) is 0 Å². The summed E-state index contributed by atoms with van der Waals surface area (Å²) in [4.78, 5) is 6.52. The highest BCUT2D eigenvalue weighted by Crippen LogP contribution is 2.40. The molecule has 0 spiro atoms. The first-order valence-electron chi connectivity index (χ1n) is 7.20. The Bertz CT molecular complexity index is 559. The van der Waals surface area contributed by atoms with Crippen molar-refractivity contribution in [3.63, 3.8) is 0 Å². The molecular formula is C15H20N4S. The molecule has 1 saturated heterocycles. The molecule has 0 bridgehead atoms. The van der Waals surface area contributed by atoms with Crippen LogP contribution < -0.4 is 10.6 Å². The van der Waals surface area contributed by atoms with E-state index in [0.717, 1.165) is 30.1 Å². The molecule has 0 aliphatic carbocycles. The second kappa shape index (κ2) is 5.79. The molecular weight excluding hydrogens is 268 g/mol. The Morgan fingerprint density at radius 3 is 2.65 bits per heavy atom. The largest absolute Gasteiger partial charge is 0.382 e. The zero-order valence-corrected chi connectivity index (χ0v) is 12.6. The summed E-state index contributed by atoms with van der Waals surface area (Å²) in [6.45, 7) is 4.50. The first kappa shape index (κ1) is 13.4. The Kier molecular flexibility index (Phi) is 3.87. The molecule has 0 atom stereocenters. The monoisotopic (exact) mass is 288 g/mol. The van der Waals surface area contributed by atoms with Gasteiger partial charge in [-0.1, -0.05) is 13.3 Å². The predicted octanol–water partition coefficient (Wildman–Crippen LogP) is 3.41. The molecule has 2 N–H and O–H groups in total. The fourth-order valence-electron chi connectivity index (χ4n) is 2.84. The average Bonchev–Trinajstić information content (AvgIpc) is 2.90. The fraction of sp³-hybridized carbons (Fsp3) is 0.467. The Balaban J connectivity index is 1.88. The molecule has 1 aliphatic heterocycles. The predicted molar refractivity (Wildman–Crippen MR) is 85.0 cm³/mol. The van der Waals surface area contributed by atoms with Crippen LogP contribution in [0.4, 0.5) is 10.8 Å². The maximum atomic E-state index is 6.09. The van der Waals surface area contributed by atoms with Crippen LogP contribution in [0.3, 0.4) is 0 Å². The number of nitrogens with two attached hydrogens (primary N) is 1. The maximum Gasteiger partial charge on any atom is 0.147 e. The highest BCUT2D eigenvalue weighted by molar-refractivity contribution is 7.11. The third kappa shape index (κ3) is 2.50. The van der Waals surface area contributed by atoms with E-state index < -0.39 is 0 Å². The van der Waals surface area contributed by atoms with Gasteiger partial charge in [-0.25, -0.2) is 0 Å². The van der Waals surface area contributed by atoms with E-state index in [9.17, 15) is 0 Å². The molecule has 3 heterocycles. The number of piperidine rings is 1. The Labute approximate surface area is 123 Å². The third-order valence-corrected chi connectivity index (χ3v) is 5.07. The van der Waals surface area contributed by atoms with Crippen LogP contribution >= 0.6 is 11.5 Å². The summed E-state index contributed by atoms with van der Waals surface area (Å²) in [5.41, 5.74) is 8.27. The zero-order chi connectivity index (χ0) is 13.9. The number of aromatic nitrogens is 2. The molecule has 0 unspecified atom stereocenters. The smallest absolute Gasteiger partial charge is 0.147 e. The van der Waals surface area contributed by atoms with Crippen LogP contribution in [0.5, 0.6) is 0 Å². The second-order valence-electron chi connectivity index (χ2n) is 5.32. The third-order valence-electron chi connectivity index (χ3n) is 4.15. The minimum atomic E-state index is 0.633. The lowest BCUT2D eigenvalue weighted by molar-refractivity contribution is 0.396. The van der Waals surface area contributed by atoms with Crippen molar-refractivity contribution in [1.29, 1.82) is 0 Å². The summed E-state index contributed by atoms with van der Waals surface area (Å²) in [6.07, 6.45) is 7.43. The molecule has 1 fully saturated rings. The summed E-state index contributed by atoms with van der Waals surface area (Å²) in [5, 5.41) is 1.21. The van der Waals surface area contributed by atoms with Gasteiger partial charge >= 0.3 is 0 Å². The van der Waals surface area contributed by atoms with Gasteiger partial charge in [0.1, 0.15) is 10.8 Å². The van der Waals surface area contributed by atoms with Crippen molar-refractivity contribution < 1.29 is 0 Å². The quantitative estimate of drug-likeness (QED) is 0.940. The van der Waals surface area contributed by atoms with Crippen molar-refractivity contribution in [2.24, 2.45) is 5.92 Å². The van der Waals surface area contributed by atoms with E-state index in [1.807, 2.05) is 12.1 Å². The summed E-state index contributed by atoms with van der Waals surface area (Å²) in [7, 11) is 0. The van der Waals surface area contributed by atoms with E-state index in [4.69, 9.17) is 5.73 Å². The van der Waals surface area contributed by atoms with Crippen molar-refractivity contribution >= 4 is 22.4 Å². The lowest BCUT2D eigenvalue weighted by Crippen LogP contribution is -2.33. The molecule has 2 aromatic rings. The standard InChI is InChI=1S/C15H20N4S/c1-2-11-5-9-19(10-6-11)15-13(14(16)18-20-15)12-3-7-17-8-4-12/h3-4,7-8,11H,2,5-6,9-10H2,1H3,(H2,16,18). The van der Waals surface area contributed by atoms with Crippen molar-refractivity contribution in [1.82, 2.24) is 9.36 Å². The van der Waals surface area contributed by atoms with Crippen LogP contribution in [0.1, 0.15) is 26.2 Å². The molecule has 20 heavy (non-hydrogen) atoms. The molecule has 4 nitrogen and oxygen atoms in total. The topological polar surface area (TPSA) is 55.0 Å². The average molecular weight is 288 g/mol. The van der Waals surface area contributed by atoms with Crippen LogP contribution in [0.2, 0.25) is 0 Å². The van der Waals surface area contributed by atoms with Crippen LogP contribution in [0, 0.1) is 5.92 Å². The molecule has 0 aromatic carbocycles. The number of anilines is 2. The van der Waals surface area contributed by atoms with Gasteiger partial charge in [0.2, 0.25) is 0 Å². The van der Waals surface area contributed by atoms with Crippen molar-refractivity contribution in [3.8, 4) is 11.1 Å². The van der Waals surface area contributed by atoms with Gasteiger partial charge in [-0.2, -0.15) is 4.37 Å². The number of nitrogens with zero attached hydrogens (tertiary/aromatic N) is 3. The van der Waals surface area contributed by atoms with Gasteiger partial charge in [0.15, 0.2) is 0 Å². The van der Waals surface area contributed by atoms with E-state index in [1.54, 1.807) is 12.4 Å². The van der Waals surface area contributed by atoms with Gasteiger partial charge in [-0.15, -0.1) is 0 Å². The van der Waals surface area contributed by atoms with Crippen molar-refractivity contribution in [2.75, 3.05) is 23.7 Å². The lowest BCUT2D eigenvalue weighted by Gasteiger charge is -2.32. The van der Waals surface area contributed by atoms with Crippen LogP contribution in [0.25, 0.3) is 11.1 Å². The van der Waals surface area contributed by atoms with Crippen LogP contribution in [-0.4, -0.2) is 22.4 Å². The number of hydrogen-bond donors (Lipinski definition) is 1. The van der Waals surface area contributed by atoms with E-state index >= 15 is 0 Å². The molecule has 5 heteroatoms. The second-order valence-corrected chi connectivity index (χ2v) is 6.07.